The van der Waals surface area contributed by atoms with Crippen molar-refractivity contribution in [1.82, 2.24) is 14.7 Å². The molecule has 0 saturated carbocycles. The van der Waals surface area contributed by atoms with Crippen molar-refractivity contribution in [3.63, 3.8) is 0 Å². The second kappa shape index (κ2) is 6.17. The second-order valence-corrected chi connectivity index (χ2v) is 6.12. The summed E-state index contributed by atoms with van der Waals surface area (Å²) in [4.78, 5) is 6.90. The number of sulfonamides is 1. The van der Waals surface area contributed by atoms with Crippen LogP contribution in [0.3, 0.4) is 0 Å². The average Bonchev–Trinajstić information content (AvgIpc) is 2.98. The van der Waals surface area contributed by atoms with Crippen LogP contribution in [-0.2, 0) is 16.6 Å². The zero-order chi connectivity index (χ0) is 14.6. The van der Waals surface area contributed by atoms with Crippen LogP contribution in [0.1, 0.15) is 30.8 Å². The third kappa shape index (κ3) is 3.44. The van der Waals surface area contributed by atoms with Gasteiger partial charge in [0.15, 0.2) is 0 Å². The third-order valence-electron chi connectivity index (χ3n) is 2.92. The van der Waals surface area contributed by atoms with Gasteiger partial charge in [-0.1, -0.05) is 19.1 Å². The van der Waals surface area contributed by atoms with Gasteiger partial charge in [0.05, 0.1) is 17.5 Å². The van der Waals surface area contributed by atoms with Crippen LogP contribution in [0.2, 0.25) is 0 Å². The van der Waals surface area contributed by atoms with Crippen molar-refractivity contribution < 1.29 is 13.5 Å². The van der Waals surface area contributed by atoms with Gasteiger partial charge in [-0.05, 0) is 24.1 Å². The SMILES string of the molecule is CCC(O)c1cccc(S(=O)(=O)NCc2ncc[nH]2)c1. The number of aromatic nitrogens is 2. The molecule has 20 heavy (non-hydrogen) atoms. The molecule has 0 fully saturated rings. The minimum absolute atomic E-state index is 0.0931. The Bertz CT molecular complexity index is 653. The zero-order valence-electron chi connectivity index (χ0n) is 11.1. The first-order valence-electron chi connectivity index (χ1n) is 6.29. The summed E-state index contributed by atoms with van der Waals surface area (Å²) in [5.41, 5.74) is 0.591. The van der Waals surface area contributed by atoms with E-state index in [0.29, 0.717) is 17.8 Å². The fourth-order valence-corrected chi connectivity index (χ4v) is 2.81. The maximum Gasteiger partial charge on any atom is 0.240 e. The van der Waals surface area contributed by atoms with Gasteiger partial charge >= 0.3 is 0 Å². The Morgan fingerprint density at radius 2 is 2.25 bits per heavy atom. The third-order valence-corrected chi connectivity index (χ3v) is 4.32. The molecule has 0 bridgehead atoms. The monoisotopic (exact) mass is 295 g/mol. The molecule has 1 heterocycles. The molecule has 0 aliphatic carbocycles. The van der Waals surface area contributed by atoms with Crippen LogP contribution in [-0.4, -0.2) is 23.5 Å². The number of hydrogen-bond acceptors (Lipinski definition) is 4. The van der Waals surface area contributed by atoms with Crippen molar-refractivity contribution >= 4 is 10.0 Å². The summed E-state index contributed by atoms with van der Waals surface area (Å²) < 4.78 is 26.8. The van der Waals surface area contributed by atoms with Crippen LogP contribution in [0.15, 0.2) is 41.6 Å². The van der Waals surface area contributed by atoms with Crippen LogP contribution >= 0.6 is 0 Å². The maximum absolute atomic E-state index is 12.2. The lowest BCUT2D eigenvalue weighted by Gasteiger charge is -2.10. The first-order chi connectivity index (χ1) is 9.53. The molecule has 0 amide bonds. The van der Waals surface area contributed by atoms with Gasteiger partial charge in [-0.15, -0.1) is 0 Å². The van der Waals surface area contributed by atoms with Crippen molar-refractivity contribution in [3.8, 4) is 0 Å². The molecule has 0 spiro atoms. The number of nitrogens with one attached hydrogen (secondary N) is 2. The number of aliphatic hydroxyl groups is 1. The molecule has 1 unspecified atom stereocenters. The van der Waals surface area contributed by atoms with Gasteiger partial charge in [0.25, 0.3) is 0 Å². The number of rotatable bonds is 6. The topological polar surface area (TPSA) is 95.1 Å². The zero-order valence-corrected chi connectivity index (χ0v) is 11.9. The summed E-state index contributed by atoms with van der Waals surface area (Å²) in [6, 6.07) is 6.31. The number of H-pyrrole nitrogens is 1. The molecular weight excluding hydrogens is 278 g/mol. The van der Waals surface area contributed by atoms with Crippen molar-refractivity contribution in [2.75, 3.05) is 0 Å². The Morgan fingerprint density at radius 1 is 1.45 bits per heavy atom. The first-order valence-corrected chi connectivity index (χ1v) is 7.77. The van der Waals surface area contributed by atoms with Gasteiger partial charge in [-0.2, -0.15) is 0 Å². The minimum Gasteiger partial charge on any atom is -0.388 e. The van der Waals surface area contributed by atoms with Crippen molar-refractivity contribution in [1.29, 1.82) is 0 Å². The van der Waals surface area contributed by atoms with E-state index >= 15 is 0 Å². The number of aromatic amines is 1. The van der Waals surface area contributed by atoms with E-state index in [9.17, 15) is 13.5 Å². The normalized spacial score (nSPS) is 13.3. The van der Waals surface area contributed by atoms with E-state index in [1.54, 1.807) is 24.5 Å². The summed E-state index contributed by atoms with van der Waals surface area (Å²) in [6.45, 7) is 1.93. The highest BCUT2D eigenvalue weighted by Crippen LogP contribution is 2.19. The van der Waals surface area contributed by atoms with E-state index in [-0.39, 0.29) is 11.4 Å². The highest BCUT2D eigenvalue weighted by atomic mass is 32.2. The molecule has 0 radical (unpaired) electrons. The van der Waals surface area contributed by atoms with Crippen molar-refractivity contribution in [3.05, 3.63) is 48.0 Å². The molecule has 0 saturated heterocycles. The largest absolute Gasteiger partial charge is 0.388 e. The quantitative estimate of drug-likeness (QED) is 0.749. The smallest absolute Gasteiger partial charge is 0.240 e. The Morgan fingerprint density at radius 3 is 2.90 bits per heavy atom. The van der Waals surface area contributed by atoms with E-state index < -0.39 is 16.1 Å². The van der Waals surface area contributed by atoms with E-state index in [1.165, 1.54) is 12.1 Å². The molecule has 2 aromatic rings. The van der Waals surface area contributed by atoms with Gasteiger partial charge in [-0.25, -0.2) is 18.1 Å². The van der Waals surface area contributed by atoms with Gasteiger partial charge in [0.2, 0.25) is 10.0 Å². The molecule has 7 heteroatoms. The van der Waals surface area contributed by atoms with Gasteiger partial charge in [0.1, 0.15) is 5.82 Å². The van der Waals surface area contributed by atoms with Crippen molar-refractivity contribution in [2.45, 2.75) is 30.9 Å². The molecule has 3 N–H and O–H groups in total. The standard InChI is InChI=1S/C13H17N3O3S/c1-2-12(17)10-4-3-5-11(8-10)20(18,19)16-9-13-14-6-7-15-13/h3-8,12,16-17H,2,9H2,1H3,(H,14,15). The van der Waals surface area contributed by atoms with Gasteiger partial charge in [-0.3, -0.25) is 0 Å². The number of hydrogen-bond donors (Lipinski definition) is 3. The average molecular weight is 295 g/mol. The first kappa shape index (κ1) is 14.7. The summed E-state index contributed by atoms with van der Waals surface area (Å²) in [6.07, 6.45) is 3.06. The minimum atomic E-state index is -3.62. The lowest BCUT2D eigenvalue weighted by atomic mass is 10.1. The molecule has 2 rings (SSSR count). The molecule has 108 valence electrons. The van der Waals surface area contributed by atoms with E-state index in [1.807, 2.05) is 6.92 Å². The Balaban J connectivity index is 2.16. The fourth-order valence-electron chi connectivity index (χ4n) is 1.77. The summed E-state index contributed by atoms with van der Waals surface area (Å²) in [5, 5.41) is 9.77. The highest BCUT2D eigenvalue weighted by Gasteiger charge is 2.16. The number of nitrogens with zero attached hydrogens (tertiary/aromatic N) is 1. The lowest BCUT2D eigenvalue weighted by Crippen LogP contribution is -2.24. The molecule has 1 aromatic heterocycles. The van der Waals surface area contributed by atoms with Gasteiger partial charge in [0, 0.05) is 12.4 Å². The summed E-state index contributed by atoms with van der Waals surface area (Å²) in [5.74, 6) is 0.540. The van der Waals surface area contributed by atoms with E-state index in [0.717, 1.165) is 0 Å². The number of benzene rings is 1. The molecule has 1 atom stereocenters. The fraction of sp³-hybridized carbons (Fsp3) is 0.308. The molecule has 0 aliphatic heterocycles. The van der Waals surface area contributed by atoms with Crippen LogP contribution in [0.5, 0.6) is 0 Å². The Kier molecular flexibility index (Phi) is 4.53. The summed E-state index contributed by atoms with van der Waals surface area (Å²) in [7, 11) is -3.62. The van der Waals surface area contributed by atoms with Crippen LogP contribution in [0.25, 0.3) is 0 Å². The van der Waals surface area contributed by atoms with Crippen LogP contribution in [0.4, 0.5) is 0 Å². The predicted octanol–water partition coefficient (Wildman–Crippen LogP) is 1.33. The Labute approximate surface area is 117 Å². The molecular formula is C13H17N3O3S. The Hall–Kier alpha value is -1.70. The molecule has 6 nitrogen and oxygen atoms in total. The number of imidazole rings is 1. The lowest BCUT2D eigenvalue weighted by molar-refractivity contribution is 0.173. The van der Waals surface area contributed by atoms with E-state index in [4.69, 9.17) is 0 Å². The van der Waals surface area contributed by atoms with Gasteiger partial charge < -0.3 is 10.1 Å². The summed E-state index contributed by atoms with van der Waals surface area (Å²) >= 11 is 0. The highest BCUT2D eigenvalue weighted by molar-refractivity contribution is 7.89. The van der Waals surface area contributed by atoms with Crippen LogP contribution < -0.4 is 4.72 Å². The van der Waals surface area contributed by atoms with Crippen molar-refractivity contribution in [2.24, 2.45) is 0 Å². The molecule has 1 aromatic carbocycles. The maximum atomic E-state index is 12.2. The van der Waals surface area contributed by atoms with E-state index in [2.05, 4.69) is 14.7 Å². The number of aliphatic hydroxyl groups excluding tert-OH is 1. The second-order valence-electron chi connectivity index (χ2n) is 4.36. The predicted molar refractivity (Wildman–Crippen MR) is 74.3 cm³/mol. The molecule has 0 aliphatic rings. The van der Waals surface area contributed by atoms with Crippen LogP contribution in [0, 0.1) is 0 Å².